The van der Waals surface area contributed by atoms with Crippen LogP contribution in [0.2, 0.25) is 0 Å². The molecule has 19 heavy (non-hydrogen) atoms. The Hall–Kier alpha value is -0.666. The van der Waals surface area contributed by atoms with Crippen LogP contribution in [0.5, 0.6) is 0 Å². The van der Waals surface area contributed by atoms with Gasteiger partial charge in [-0.3, -0.25) is 4.79 Å². The fourth-order valence-corrected chi connectivity index (χ4v) is 2.83. The van der Waals surface area contributed by atoms with Crippen molar-refractivity contribution < 1.29 is 30.9 Å². The van der Waals surface area contributed by atoms with Crippen LogP contribution in [-0.2, 0) is 25.8 Å². The summed E-state index contributed by atoms with van der Waals surface area (Å²) in [6.45, 7) is 0. The molecule has 0 aromatic carbocycles. The minimum absolute atomic E-state index is 0.150. The second-order valence-electron chi connectivity index (χ2n) is 5.29. The first-order chi connectivity index (χ1) is 9.27. The maximum atomic E-state index is 12.0. The molecular formula is C15H22O3V. The molecule has 1 fully saturated rings. The van der Waals surface area contributed by atoms with E-state index in [-0.39, 0.29) is 17.6 Å². The number of hydrogen-bond donors (Lipinski definition) is 1. The Labute approximate surface area is 124 Å². The van der Waals surface area contributed by atoms with Gasteiger partial charge in [-0.15, -0.1) is 0 Å². The number of rotatable bonds is 3. The van der Waals surface area contributed by atoms with Crippen LogP contribution < -0.4 is 0 Å². The monoisotopic (exact) mass is 301 g/mol. The van der Waals surface area contributed by atoms with Gasteiger partial charge in [-0.1, -0.05) is 31.4 Å². The van der Waals surface area contributed by atoms with Crippen molar-refractivity contribution in [1.29, 1.82) is 0 Å². The van der Waals surface area contributed by atoms with E-state index in [2.05, 4.69) is 12.2 Å². The van der Waals surface area contributed by atoms with E-state index in [1.54, 1.807) is 0 Å². The van der Waals surface area contributed by atoms with Gasteiger partial charge in [0.2, 0.25) is 0 Å². The van der Waals surface area contributed by atoms with Crippen LogP contribution in [0.15, 0.2) is 24.0 Å². The first kappa shape index (κ1) is 16.4. The van der Waals surface area contributed by atoms with Crippen LogP contribution >= 0.6 is 0 Å². The minimum atomic E-state index is 0.150. The molecule has 0 aromatic heterocycles. The molecule has 3 nitrogen and oxygen atoms in total. The van der Waals surface area contributed by atoms with Crippen molar-refractivity contribution >= 4 is 5.78 Å². The van der Waals surface area contributed by atoms with Crippen molar-refractivity contribution in [2.45, 2.75) is 51.4 Å². The standard InChI is InChI=1S/C15H22O2.O.V/c16-14(12-7-3-1-4-8-12)11-15(17)13-9-5-2-6-10-13;;/h1,3,11-13,16H,2,4-10H2;;/b14-11-;;. The topological polar surface area (TPSA) is 54.4 Å². The van der Waals surface area contributed by atoms with Gasteiger partial charge in [0.05, 0.1) is 5.76 Å². The second kappa shape index (κ2) is 9.27. The molecule has 2 rings (SSSR count). The van der Waals surface area contributed by atoms with Gasteiger partial charge in [0, 0.05) is 17.9 Å². The number of carbonyl (C=O) groups is 1. The summed E-state index contributed by atoms with van der Waals surface area (Å²) in [6.07, 6.45) is 14.2. The molecule has 0 aliphatic heterocycles. The van der Waals surface area contributed by atoms with E-state index in [1.807, 2.05) is 0 Å². The number of hydrogen-bond acceptors (Lipinski definition) is 3. The zero-order valence-electron chi connectivity index (χ0n) is 11.3. The molecule has 0 aromatic rings. The number of allylic oxidation sites excluding steroid dienone is 4. The van der Waals surface area contributed by atoms with Crippen molar-refractivity contribution in [1.82, 2.24) is 0 Å². The molecule has 4 heteroatoms. The molecule has 1 atom stereocenters. The first-order valence-electron chi connectivity index (χ1n) is 7.05. The third kappa shape index (κ3) is 5.46. The average Bonchev–Trinajstić information content (AvgIpc) is 2.51. The van der Waals surface area contributed by atoms with Gasteiger partial charge in [0.25, 0.3) is 0 Å². The molecule has 2 aliphatic carbocycles. The van der Waals surface area contributed by atoms with E-state index in [9.17, 15) is 9.90 Å². The third-order valence-corrected chi connectivity index (χ3v) is 3.99. The van der Waals surface area contributed by atoms with Gasteiger partial charge < -0.3 is 5.11 Å². The number of aliphatic hydroxyl groups excluding tert-OH is 1. The Morgan fingerprint density at radius 1 is 1.05 bits per heavy atom. The van der Waals surface area contributed by atoms with E-state index in [0.717, 1.165) is 62.3 Å². The quantitative estimate of drug-likeness (QED) is 0.490. The van der Waals surface area contributed by atoms with Gasteiger partial charge in [0.1, 0.15) is 0 Å². The van der Waals surface area contributed by atoms with Gasteiger partial charge in [-0.25, -0.2) is 0 Å². The molecule has 0 bridgehead atoms. The van der Waals surface area contributed by atoms with Crippen LogP contribution in [0.25, 0.3) is 0 Å². The summed E-state index contributed by atoms with van der Waals surface area (Å²) < 4.78 is 8.19. The Bertz CT molecular complexity index is 343. The molecule has 1 unspecified atom stereocenters. The van der Waals surface area contributed by atoms with Crippen LogP contribution in [0.1, 0.15) is 51.4 Å². The van der Waals surface area contributed by atoms with Crippen LogP contribution in [0.3, 0.4) is 0 Å². The van der Waals surface area contributed by atoms with Crippen molar-refractivity contribution in [3.63, 3.8) is 0 Å². The maximum absolute atomic E-state index is 12.0. The van der Waals surface area contributed by atoms with Crippen molar-refractivity contribution in [3.8, 4) is 0 Å². The second-order valence-corrected chi connectivity index (χ2v) is 5.29. The zero-order valence-corrected chi connectivity index (χ0v) is 12.7. The van der Waals surface area contributed by atoms with E-state index in [4.69, 9.17) is 3.67 Å². The van der Waals surface area contributed by atoms with Crippen molar-refractivity contribution in [2.75, 3.05) is 0 Å². The number of aliphatic hydroxyl groups is 1. The predicted molar refractivity (Wildman–Crippen MR) is 69.5 cm³/mol. The number of carbonyl (C=O) groups excluding carboxylic acids is 1. The van der Waals surface area contributed by atoms with Crippen LogP contribution in [-0.4, -0.2) is 10.9 Å². The molecule has 0 saturated heterocycles. The molecule has 0 spiro atoms. The van der Waals surface area contributed by atoms with Gasteiger partial charge in [-0.2, -0.15) is 0 Å². The Morgan fingerprint density at radius 3 is 2.32 bits per heavy atom. The third-order valence-electron chi connectivity index (χ3n) is 3.99. The fourth-order valence-electron chi connectivity index (χ4n) is 2.83. The zero-order chi connectivity index (χ0) is 14.1. The van der Waals surface area contributed by atoms with Gasteiger partial charge in [0.15, 0.2) is 5.78 Å². The van der Waals surface area contributed by atoms with E-state index < -0.39 is 0 Å². The molecule has 0 amide bonds. The van der Waals surface area contributed by atoms with Crippen LogP contribution in [0, 0.1) is 11.8 Å². The molecule has 105 valence electrons. The van der Waals surface area contributed by atoms with Crippen molar-refractivity contribution in [2.24, 2.45) is 11.8 Å². The summed E-state index contributed by atoms with van der Waals surface area (Å²) in [7, 11) is 0. The average molecular weight is 301 g/mol. The predicted octanol–water partition coefficient (Wildman–Crippen LogP) is 3.81. The van der Waals surface area contributed by atoms with E-state index >= 15 is 0 Å². The van der Waals surface area contributed by atoms with Crippen LogP contribution in [0.4, 0.5) is 0 Å². The first-order valence-corrected chi connectivity index (χ1v) is 7.62. The molecule has 0 heterocycles. The summed E-state index contributed by atoms with van der Waals surface area (Å²) in [5, 5.41) is 9.98. The fraction of sp³-hybridized carbons (Fsp3) is 0.667. The van der Waals surface area contributed by atoms with Gasteiger partial charge in [-0.05, 0) is 32.1 Å². The van der Waals surface area contributed by atoms with E-state index in [0.29, 0.717) is 5.76 Å². The molecule has 1 saturated carbocycles. The van der Waals surface area contributed by atoms with Gasteiger partial charge >= 0.3 is 21.0 Å². The normalized spacial score (nSPS) is 24.4. The summed E-state index contributed by atoms with van der Waals surface area (Å²) in [4.78, 5) is 12.0. The summed E-state index contributed by atoms with van der Waals surface area (Å²) in [5.41, 5.74) is 0. The summed E-state index contributed by atoms with van der Waals surface area (Å²) in [6, 6.07) is 0. The van der Waals surface area contributed by atoms with E-state index in [1.165, 1.54) is 12.5 Å². The molecule has 2 aliphatic rings. The summed E-state index contributed by atoms with van der Waals surface area (Å²) >= 11 is 1.06. The van der Waals surface area contributed by atoms with Crippen molar-refractivity contribution in [3.05, 3.63) is 24.0 Å². The number of ketones is 1. The SMILES string of the molecule is O=C(/C=C(\O)C1CC=CCC1)C1CCCCC1.[O]=[V]. The Kier molecular flexibility index (Phi) is 8.00. The Balaban J connectivity index is 0.000000861. The summed E-state index contributed by atoms with van der Waals surface area (Å²) in [5.74, 6) is 0.805. The Morgan fingerprint density at radius 2 is 1.74 bits per heavy atom. The molecule has 1 N–H and O–H groups in total. The molecule has 0 radical (unpaired) electrons. The molecular weight excluding hydrogens is 279 g/mol.